The summed E-state index contributed by atoms with van der Waals surface area (Å²) >= 11 is 0. The van der Waals surface area contributed by atoms with Gasteiger partial charge in [0.05, 0.1) is 10.9 Å². The fraction of sp³-hybridized carbons (Fsp3) is 0.353. The van der Waals surface area contributed by atoms with E-state index in [1.54, 1.807) is 22.6 Å². The van der Waals surface area contributed by atoms with Crippen molar-refractivity contribution in [3.63, 3.8) is 0 Å². The summed E-state index contributed by atoms with van der Waals surface area (Å²) in [4.78, 5) is 4.52. The highest BCUT2D eigenvalue weighted by atomic mass is 32.2. The molecule has 0 bridgehead atoms. The van der Waals surface area contributed by atoms with Gasteiger partial charge in [-0.25, -0.2) is 13.4 Å². The van der Waals surface area contributed by atoms with Gasteiger partial charge in [0.15, 0.2) is 0 Å². The number of aromatic nitrogens is 1. The van der Waals surface area contributed by atoms with Crippen LogP contribution in [0.2, 0.25) is 0 Å². The van der Waals surface area contributed by atoms with Crippen molar-refractivity contribution in [2.75, 3.05) is 12.3 Å². The Balaban J connectivity index is 1.97. The zero-order valence-electron chi connectivity index (χ0n) is 13.4. The van der Waals surface area contributed by atoms with Crippen molar-refractivity contribution in [2.45, 2.75) is 37.6 Å². The molecule has 2 N–H and O–H groups in total. The topological polar surface area (TPSA) is 76.3 Å². The van der Waals surface area contributed by atoms with E-state index in [4.69, 9.17) is 5.73 Å². The molecule has 2 heterocycles. The van der Waals surface area contributed by atoms with Crippen LogP contribution in [0.15, 0.2) is 41.4 Å². The molecule has 23 heavy (non-hydrogen) atoms. The van der Waals surface area contributed by atoms with Crippen LogP contribution < -0.4 is 5.73 Å². The lowest BCUT2D eigenvalue weighted by atomic mass is 10.1. The van der Waals surface area contributed by atoms with Gasteiger partial charge in [0, 0.05) is 12.7 Å². The highest BCUT2D eigenvalue weighted by molar-refractivity contribution is 7.89. The second-order valence-electron chi connectivity index (χ2n) is 6.06. The van der Waals surface area contributed by atoms with Crippen LogP contribution in [0, 0.1) is 13.8 Å². The van der Waals surface area contributed by atoms with Gasteiger partial charge in [0.1, 0.15) is 5.82 Å². The normalized spacial score (nSPS) is 19.1. The molecule has 1 aliphatic rings. The summed E-state index contributed by atoms with van der Waals surface area (Å²) in [6.07, 6.45) is 3.34. The van der Waals surface area contributed by atoms with Crippen molar-refractivity contribution in [3.05, 3.63) is 53.2 Å². The lowest BCUT2D eigenvalue weighted by Crippen LogP contribution is -2.30. The van der Waals surface area contributed by atoms with Gasteiger partial charge in [0.25, 0.3) is 0 Å². The Morgan fingerprint density at radius 3 is 2.57 bits per heavy atom. The third-order valence-electron chi connectivity index (χ3n) is 4.36. The smallest absolute Gasteiger partial charge is 0.243 e. The predicted octanol–water partition coefficient (Wildman–Crippen LogP) is 2.81. The van der Waals surface area contributed by atoms with Crippen LogP contribution in [0.25, 0.3) is 0 Å². The Bertz CT molecular complexity index is 816. The quantitative estimate of drug-likeness (QED) is 0.938. The highest BCUT2D eigenvalue weighted by Crippen LogP contribution is 2.36. The molecule has 3 rings (SSSR count). The molecule has 0 aliphatic carbocycles. The fourth-order valence-corrected chi connectivity index (χ4v) is 4.68. The van der Waals surface area contributed by atoms with Crippen molar-refractivity contribution in [1.29, 1.82) is 0 Å². The zero-order valence-corrected chi connectivity index (χ0v) is 14.2. The van der Waals surface area contributed by atoms with E-state index in [0.717, 1.165) is 29.5 Å². The number of rotatable bonds is 3. The summed E-state index contributed by atoms with van der Waals surface area (Å²) < 4.78 is 27.5. The molecule has 1 fully saturated rings. The predicted molar refractivity (Wildman–Crippen MR) is 90.4 cm³/mol. The van der Waals surface area contributed by atoms with Crippen LogP contribution in [0.3, 0.4) is 0 Å². The Hall–Kier alpha value is -1.92. The van der Waals surface area contributed by atoms with E-state index in [1.165, 1.54) is 0 Å². The van der Waals surface area contributed by atoms with Gasteiger partial charge in [-0.3, -0.25) is 0 Å². The number of nitrogens with zero attached hydrogens (tertiary/aromatic N) is 2. The standard InChI is InChI=1S/C17H21N3O2S/c1-12-5-7-15(8-6-12)23(21,22)20-9-3-4-16(20)14-10-13(2)17(18)19-11-14/h5-8,10-11,16H,3-4,9H2,1-2H3,(H2,18,19)/t16-/m1/s1. The minimum absolute atomic E-state index is 0.173. The van der Waals surface area contributed by atoms with E-state index in [-0.39, 0.29) is 6.04 Å². The number of hydrogen-bond donors (Lipinski definition) is 1. The number of sulfonamides is 1. The third kappa shape index (κ3) is 2.96. The maximum absolute atomic E-state index is 13.0. The van der Waals surface area contributed by atoms with Gasteiger partial charge in [-0.05, 0) is 56.0 Å². The number of nitrogen functional groups attached to an aromatic ring is 1. The molecule has 1 saturated heterocycles. The van der Waals surface area contributed by atoms with Gasteiger partial charge < -0.3 is 5.73 Å². The summed E-state index contributed by atoms with van der Waals surface area (Å²) in [5, 5.41) is 0. The monoisotopic (exact) mass is 331 g/mol. The van der Waals surface area contributed by atoms with Gasteiger partial charge >= 0.3 is 0 Å². The molecular weight excluding hydrogens is 310 g/mol. The summed E-state index contributed by atoms with van der Waals surface area (Å²) in [5.41, 5.74) is 8.60. The van der Waals surface area contributed by atoms with Gasteiger partial charge in [-0.15, -0.1) is 0 Å². The number of anilines is 1. The molecule has 1 aromatic carbocycles. The first-order chi connectivity index (χ1) is 10.9. The molecule has 1 aromatic heterocycles. The Kier molecular flexibility index (Phi) is 4.12. The Morgan fingerprint density at radius 1 is 1.22 bits per heavy atom. The van der Waals surface area contributed by atoms with E-state index in [0.29, 0.717) is 17.3 Å². The number of pyridine rings is 1. The Labute approximate surface area is 137 Å². The molecular formula is C17H21N3O2S. The van der Waals surface area contributed by atoms with Crippen LogP contribution in [0.5, 0.6) is 0 Å². The summed E-state index contributed by atoms with van der Waals surface area (Å²) in [6.45, 7) is 4.36. The second kappa shape index (κ2) is 5.94. The molecule has 0 radical (unpaired) electrons. The molecule has 0 amide bonds. The molecule has 0 saturated carbocycles. The van der Waals surface area contributed by atoms with E-state index in [9.17, 15) is 8.42 Å². The first-order valence-electron chi connectivity index (χ1n) is 7.70. The molecule has 122 valence electrons. The van der Waals surface area contributed by atoms with Gasteiger partial charge in [-0.2, -0.15) is 4.31 Å². The average Bonchev–Trinajstić information content (AvgIpc) is 3.01. The van der Waals surface area contributed by atoms with Crippen molar-refractivity contribution in [2.24, 2.45) is 0 Å². The van der Waals surface area contributed by atoms with Gasteiger partial charge in [-0.1, -0.05) is 17.7 Å². The molecule has 1 aliphatic heterocycles. The molecule has 0 unspecified atom stereocenters. The fourth-order valence-electron chi connectivity index (χ4n) is 3.00. The van der Waals surface area contributed by atoms with E-state index >= 15 is 0 Å². The van der Waals surface area contributed by atoms with Crippen molar-refractivity contribution in [3.8, 4) is 0 Å². The SMILES string of the molecule is Cc1ccc(S(=O)(=O)N2CCC[C@@H]2c2cnc(N)c(C)c2)cc1. The van der Waals surface area contributed by atoms with Crippen molar-refractivity contribution < 1.29 is 8.42 Å². The number of benzene rings is 1. The molecule has 0 spiro atoms. The van der Waals surface area contributed by atoms with Crippen molar-refractivity contribution in [1.82, 2.24) is 9.29 Å². The highest BCUT2D eigenvalue weighted by Gasteiger charge is 2.36. The minimum atomic E-state index is -3.50. The van der Waals surface area contributed by atoms with E-state index < -0.39 is 10.0 Å². The summed E-state index contributed by atoms with van der Waals surface area (Å²) in [6, 6.07) is 8.77. The Morgan fingerprint density at radius 2 is 1.91 bits per heavy atom. The van der Waals surface area contributed by atoms with Crippen LogP contribution >= 0.6 is 0 Å². The van der Waals surface area contributed by atoms with Gasteiger partial charge in [0.2, 0.25) is 10.0 Å². The first-order valence-corrected chi connectivity index (χ1v) is 9.14. The van der Waals surface area contributed by atoms with Crippen LogP contribution in [-0.2, 0) is 10.0 Å². The van der Waals surface area contributed by atoms with Crippen LogP contribution in [0.4, 0.5) is 5.82 Å². The molecule has 5 nitrogen and oxygen atoms in total. The lowest BCUT2D eigenvalue weighted by molar-refractivity contribution is 0.396. The number of nitrogens with two attached hydrogens (primary N) is 1. The second-order valence-corrected chi connectivity index (χ2v) is 7.95. The van der Waals surface area contributed by atoms with E-state index in [1.807, 2.05) is 32.0 Å². The molecule has 6 heteroatoms. The van der Waals surface area contributed by atoms with Crippen molar-refractivity contribution >= 4 is 15.8 Å². The maximum Gasteiger partial charge on any atom is 0.243 e. The number of hydrogen-bond acceptors (Lipinski definition) is 4. The average molecular weight is 331 g/mol. The van der Waals surface area contributed by atoms with Crippen LogP contribution in [-0.4, -0.2) is 24.3 Å². The lowest BCUT2D eigenvalue weighted by Gasteiger charge is -2.24. The molecule has 1 atom stereocenters. The molecule has 2 aromatic rings. The summed E-state index contributed by atoms with van der Waals surface area (Å²) in [7, 11) is -3.50. The first kappa shape index (κ1) is 16.0. The third-order valence-corrected chi connectivity index (χ3v) is 6.28. The maximum atomic E-state index is 13.0. The largest absolute Gasteiger partial charge is 0.383 e. The van der Waals surface area contributed by atoms with Crippen LogP contribution in [0.1, 0.15) is 35.6 Å². The van der Waals surface area contributed by atoms with E-state index in [2.05, 4.69) is 4.98 Å². The number of aryl methyl sites for hydroxylation is 2. The summed E-state index contributed by atoms with van der Waals surface area (Å²) in [5.74, 6) is 0.486. The minimum Gasteiger partial charge on any atom is -0.383 e. The zero-order chi connectivity index (χ0) is 16.6.